The van der Waals surface area contributed by atoms with Gasteiger partial charge in [0.1, 0.15) is 18.3 Å². The Kier molecular flexibility index (Phi) is 3.60. The van der Waals surface area contributed by atoms with Gasteiger partial charge in [-0.1, -0.05) is 0 Å². The van der Waals surface area contributed by atoms with Crippen molar-refractivity contribution in [1.82, 2.24) is 4.98 Å². The Balaban J connectivity index is 1.58. The van der Waals surface area contributed by atoms with Crippen molar-refractivity contribution < 1.29 is 28.8 Å². The third-order valence-electron chi connectivity index (χ3n) is 4.54. The number of carbonyl (C=O) groups is 1. The molecule has 3 saturated heterocycles. The van der Waals surface area contributed by atoms with Crippen LogP contribution in [-0.4, -0.2) is 65.9 Å². The second-order valence-electron chi connectivity index (χ2n) is 6.46. The van der Waals surface area contributed by atoms with Gasteiger partial charge in [0, 0.05) is 18.8 Å². The Morgan fingerprint density at radius 2 is 2.22 bits per heavy atom. The molecule has 23 heavy (non-hydrogen) atoms. The standard InChI is InChI=1S/C16H19NO6/c1-9-2-10(5-17-4-9)15(19)23-16(3-11-6-20-11)8-22-13-12(18)7-21-14(13)16/h2,4-5,11-14,18H,3,6-8H2,1H3/t11?,12-,13-,14+,16+/m1/s1. The van der Waals surface area contributed by atoms with Crippen LogP contribution in [0.15, 0.2) is 18.5 Å². The number of hydrogen-bond acceptors (Lipinski definition) is 7. The normalized spacial score (nSPS) is 38.3. The largest absolute Gasteiger partial charge is 0.450 e. The first-order valence-electron chi connectivity index (χ1n) is 7.75. The summed E-state index contributed by atoms with van der Waals surface area (Å²) in [6, 6.07) is 1.73. The van der Waals surface area contributed by atoms with Crippen LogP contribution in [0.5, 0.6) is 0 Å². The molecule has 0 spiro atoms. The van der Waals surface area contributed by atoms with E-state index >= 15 is 0 Å². The van der Waals surface area contributed by atoms with E-state index in [4.69, 9.17) is 18.9 Å². The van der Waals surface area contributed by atoms with Crippen molar-refractivity contribution >= 4 is 5.97 Å². The molecule has 3 aliphatic heterocycles. The van der Waals surface area contributed by atoms with Crippen LogP contribution < -0.4 is 0 Å². The van der Waals surface area contributed by atoms with Gasteiger partial charge in [0.25, 0.3) is 0 Å². The van der Waals surface area contributed by atoms with Gasteiger partial charge < -0.3 is 24.1 Å². The number of aromatic nitrogens is 1. The van der Waals surface area contributed by atoms with Crippen LogP contribution in [0, 0.1) is 6.92 Å². The first kappa shape index (κ1) is 15.0. The number of aliphatic hydroxyl groups is 1. The summed E-state index contributed by atoms with van der Waals surface area (Å²) in [6.07, 6.45) is 2.08. The lowest BCUT2D eigenvalue weighted by Gasteiger charge is -2.31. The van der Waals surface area contributed by atoms with Gasteiger partial charge in [0.15, 0.2) is 5.60 Å². The Hall–Kier alpha value is -1.54. The van der Waals surface area contributed by atoms with Crippen LogP contribution in [-0.2, 0) is 18.9 Å². The van der Waals surface area contributed by atoms with Crippen LogP contribution in [0.2, 0.25) is 0 Å². The molecule has 1 aromatic heterocycles. The van der Waals surface area contributed by atoms with E-state index in [0.29, 0.717) is 18.6 Å². The maximum absolute atomic E-state index is 12.6. The van der Waals surface area contributed by atoms with Gasteiger partial charge in [-0.2, -0.15) is 0 Å². The molecule has 0 bridgehead atoms. The third-order valence-corrected chi connectivity index (χ3v) is 4.54. The highest BCUT2D eigenvalue weighted by Crippen LogP contribution is 2.42. The maximum atomic E-state index is 12.6. The number of hydrogen-bond donors (Lipinski definition) is 1. The fourth-order valence-electron chi connectivity index (χ4n) is 3.35. The highest BCUT2D eigenvalue weighted by Gasteiger charge is 2.60. The van der Waals surface area contributed by atoms with Crippen LogP contribution >= 0.6 is 0 Å². The first-order chi connectivity index (χ1) is 11.1. The molecule has 1 unspecified atom stereocenters. The van der Waals surface area contributed by atoms with Gasteiger partial charge in [-0.3, -0.25) is 4.98 Å². The van der Waals surface area contributed by atoms with E-state index in [1.165, 1.54) is 6.20 Å². The second-order valence-corrected chi connectivity index (χ2v) is 6.46. The molecule has 4 heterocycles. The van der Waals surface area contributed by atoms with E-state index in [2.05, 4.69) is 4.98 Å². The molecule has 7 nitrogen and oxygen atoms in total. The van der Waals surface area contributed by atoms with Crippen LogP contribution in [0.25, 0.3) is 0 Å². The SMILES string of the molecule is Cc1cncc(C(=O)O[C@@]2(CC3CO3)CO[C@@H]3[C@H](O)CO[C@@H]32)c1. The molecule has 3 aliphatic rings. The summed E-state index contributed by atoms with van der Waals surface area (Å²) in [7, 11) is 0. The number of carbonyl (C=O) groups excluding carboxylic acids is 1. The predicted molar refractivity (Wildman–Crippen MR) is 77.0 cm³/mol. The summed E-state index contributed by atoms with van der Waals surface area (Å²) in [6.45, 7) is 2.89. The lowest BCUT2D eigenvalue weighted by Crippen LogP contribution is -2.48. The van der Waals surface area contributed by atoms with Gasteiger partial charge in [0.2, 0.25) is 0 Å². The Bertz CT molecular complexity index is 618. The van der Waals surface area contributed by atoms with Crippen LogP contribution in [0.1, 0.15) is 22.3 Å². The predicted octanol–water partition coefficient (Wildman–Crippen LogP) is 0.233. The van der Waals surface area contributed by atoms with Gasteiger partial charge in [-0.05, 0) is 18.6 Å². The fourth-order valence-corrected chi connectivity index (χ4v) is 3.35. The molecule has 1 N–H and O–H groups in total. The zero-order valence-electron chi connectivity index (χ0n) is 12.8. The molecule has 0 saturated carbocycles. The fraction of sp³-hybridized carbons (Fsp3) is 0.625. The molecule has 0 aliphatic carbocycles. The zero-order chi connectivity index (χ0) is 16.0. The minimum atomic E-state index is -0.926. The molecule has 7 heteroatoms. The van der Waals surface area contributed by atoms with Crippen molar-refractivity contribution in [3.8, 4) is 0 Å². The summed E-state index contributed by atoms with van der Waals surface area (Å²) in [5.41, 5.74) is 0.347. The smallest absolute Gasteiger partial charge is 0.340 e. The molecular formula is C16H19NO6. The van der Waals surface area contributed by atoms with Crippen molar-refractivity contribution in [2.24, 2.45) is 0 Å². The van der Waals surface area contributed by atoms with Gasteiger partial charge in [-0.25, -0.2) is 4.79 Å². The monoisotopic (exact) mass is 321 g/mol. The van der Waals surface area contributed by atoms with E-state index in [0.717, 1.165) is 5.56 Å². The van der Waals surface area contributed by atoms with Crippen LogP contribution in [0.3, 0.4) is 0 Å². The van der Waals surface area contributed by atoms with Crippen molar-refractivity contribution in [2.45, 2.75) is 43.4 Å². The van der Waals surface area contributed by atoms with Crippen molar-refractivity contribution in [2.75, 3.05) is 19.8 Å². The number of pyridine rings is 1. The lowest BCUT2D eigenvalue weighted by atomic mass is 9.90. The van der Waals surface area contributed by atoms with E-state index < -0.39 is 29.9 Å². The van der Waals surface area contributed by atoms with E-state index in [-0.39, 0.29) is 19.3 Å². The second kappa shape index (κ2) is 5.52. The summed E-state index contributed by atoms with van der Waals surface area (Å²) in [5.74, 6) is -0.462. The van der Waals surface area contributed by atoms with E-state index in [1.54, 1.807) is 12.3 Å². The summed E-state index contributed by atoms with van der Waals surface area (Å²) < 4.78 is 22.5. The summed E-state index contributed by atoms with van der Waals surface area (Å²) >= 11 is 0. The number of nitrogens with zero attached hydrogens (tertiary/aromatic N) is 1. The van der Waals surface area contributed by atoms with Crippen LogP contribution in [0.4, 0.5) is 0 Å². The number of rotatable bonds is 4. The highest BCUT2D eigenvalue weighted by atomic mass is 16.7. The Morgan fingerprint density at radius 1 is 1.39 bits per heavy atom. The molecule has 4 rings (SSSR count). The molecule has 1 aromatic rings. The molecule has 124 valence electrons. The quantitative estimate of drug-likeness (QED) is 0.627. The number of ether oxygens (including phenoxy) is 4. The lowest BCUT2D eigenvalue weighted by molar-refractivity contribution is -0.0907. The molecule has 0 amide bonds. The molecule has 0 aromatic carbocycles. The maximum Gasteiger partial charge on any atom is 0.340 e. The van der Waals surface area contributed by atoms with Gasteiger partial charge in [0.05, 0.1) is 31.5 Å². The Labute approximate surface area is 133 Å². The van der Waals surface area contributed by atoms with Gasteiger partial charge in [-0.15, -0.1) is 0 Å². The number of epoxide rings is 1. The van der Waals surface area contributed by atoms with E-state index in [1.807, 2.05) is 6.92 Å². The highest BCUT2D eigenvalue weighted by molar-refractivity contribution is 5.89. The topological polar surface area (TPSA) is 90.4 Å². The summed E-state index contributed by atoms with van der Waals surface area (Å²) in [4.78, 5) is 16.6. The molecule has 3 fully saturated rings. The zero-order valence-corrected chi connectivity index (χ0v) is 12.8. The molecule has 0 radical (unpaired) electrons. The molecule has 5 atom stereocenters. The number of aliphatic hydroxyl groups excluding tert-OH is 1. The molecular weight excluding hydrogens is 302 g/mol. The third kappa shape index (κ3) is 2.74. The average molecular weight is 321 g/mol. The van der Waals surface area contributed by atoms with E-state index in [9.17, 15) is 9.90 Å². The minimum Gasteiger partial charge on any atom is -0.450 e. The Morgan fingerprint density at radius 3 is 2.96 bits per heavy atom. The number of fused-ring (bicyclic) bond motifs is 1. The minimum absolute atomic E-state index is 0.0436. The van der Waals surface area contributed by atoms with Crippen molar-refractivity contribution in [3.63, 3.8) is 0 Å². The van der Waals surface area contributed by atoms with Crippen molar-refractivity contribution in [3.05, 3.63) is 29.6 Å². The average Bonchev–Trinajstić information content (AvgIpc) is 3.15. The summed E-state index contributed by atoms with van der Waals surface area (Å²) in [5, 5.41) is 9.94. The number of aryl methyl sites for hydroxylation is 1. The number of esters is 1. The van der Waals surface area contributed by atoms with Crippen molar-refractivity contribution in [1.29, 1.82) is 0 Å². The van der Waals surface area contributed by atoms with Gasteiger partial charge >= 0.3 is 5.97 Å². The first-order valence-corrected chi connectivity index (χ1v) is 7.75.